The van der Waals surface area contributed by atoms with E-state index < -0.39 is 29.5 Å². The molecule has 0 radical (unpaired) electrons. The molecular weight excluding hydrogens is 387 g/mol. The molecule has 0 aliphatic heterocycles. The molecule has 0 aliphatic carbocycles. The molecule has 3 aromatic carbocycles. The number of carbonyl (C=O) groups is 3. The van der Waals surface area contributed by atoms with E-state index in [4.69, 9.17) is 0 Å². The zero-order valence-electron chi connectivity index (χ0n) is 15.8. The number of anilines is 2. The third-order valence-corrected chi connectivity index (χ3v) is 4.44. The van der Waals surface area contributed by atoms with Crippen molar-refractivity contribution in [2.45, 2.75) is 12.3 Å². The highest BCUT2D eigenvalue weighted by Gasteiger charge is 2.24. The second kappa shape index (κ2) is 9.47. The standard InChI is InChI=1S/C23H19FN2O4/c24-16-12-10-15(11-13-16)19(23(29)30)14-21(27)26-20-9-5-4-8-18(20)22(28)25-17-6-2-1-3-7-17/h1-13,19H,14H2,(H,25,28)(H,26,27)(H,29,30). The average molecular weight is 406 g/mol. The normalized spacial score (nSPS) is 11.4. The first kappa shape index (κ1) is 20.7. The summed E-state index contributed by atoms with van der Waals surface area (Å²) in [7, 11) is 0. The van der Waals surface area contributed by atoms with E-state index in [2.05, 4.69) is 10.6 Å². The van der Waals surface area contributed by atoms with Gasteiger partial charge in [0.25, 0.3) is 5.91 Å². The Morgan fingerprint density at radius 3 is 2.13 bits per heavy atom. The summed E-state index contributed by atoms with van der Waals surface area (Å²) in [6, 6.07) is 20.3. The molecule has 7 heteroatoms. The summed E-state index contributed by atoms with van der Waals surface area (Å²) < 4.78 is 13.1. The van der Waals surface area contributed by atoms with Crippen molar-refractivity contribution in [3.8, 4) is 0 Å². The lowest BCUT2D eigenvalue weighted by Crippen LogP contribution is -2.22. The Labute approximate surface area is 172 Å². The van der Waals surface area contributed by atoms with Crippen LogP contribution in [0.5, 0.6) is 0 Å². The Kier molecular flexibility index (Phi) is 6.54. The summed E-state index contributed by atoms with van der Waals surface area (Å²) in [5.74, 6) is -3.83. The molecule has 0 heterocycles. The number of para-hydroxylation sites is 2. The van der Waals surface area contributed by atoms with Gasteiger partial charge < -0.3 is 15.7 Å². The number of carbonyl (C=O) groups excluding carboxylic acids is 2. The van der Waals surface area contributed by atoms with Crippen LogP contribution in [0.2, 0.25) is 0 Å². The van der Waals surface area contributed by atoms with Gasteiger partial charge in [0.15, 0.2) is 0 Å². The summed E-state index contributed by atoms with van der Waals surface area (Å²) in [6.07, 6.45) is -0.365. The van der Waals surface area contributed by atoms with E-state index >= 15 is 0 Å². The van der Waals surface area contributed by atoms with Crippen molar-refractivity contribution in [2.24, 2.45) is 0 Å². The molecular formula is C23H19FN2O4. The van der Waals surface area contributed by atoms with Gasteiger partial charge in [-0.15, -0.1) is 0 Å². The van der Waals surface area contributed by atoms with Crippen LogP contribution in [0.1, 0.15) is 28.3 Å². The number of carboxylic acids is 1. The number of carboxylic acid groups (broad SMARTS) is 1. The minimum absolute atomic E-state index is 0.239. The number of benzene rings is 3. The molecule has 0 fully saturated rings. The molecule has 0 bridgehead atoms. The fourth-order valence-electron chi connectivity index (χ4n) is 2.94. The number of amides is 2. The van der Waals surface area contributed by atoms with E-state index in [9.17, 15) is 23.9 Å². The monoisotopic (exact) mass is 406 g/mol. The molecule has 1 atom stereocenters. The summed E-state index contributed by atoms with van der Waals surface area (Å²) >= 11 is 0. The molecule has 30 heavy (non-hydrogen) atoms. The highest BCUT2D eigenvalue weighted by Crippen LogP contribution is 2.23. The Morgan fingerprint density at radius 2 is 1.47 bits per heavy atom. The van der Waals surface area contributed by atoms with Gasteiger partial charge in [0, 0.05) is 12.1 Å². The molecule has 0 spiro atoms. The maximum Gasteiger partial charge on any atom is 0.311 e. The van der Waals surface area contributed by atoms with Crippen LogP contribution in [-0.4, -0.2) is 22.9 Å². The topological polar surface area (TPSA) is 95.5 Å². The van der Waals surface area contributed by atoms with Crippen molar-refractivity contribution >= 4 is 29.2 Å². The lowest BCUT2D eigenvalue weighted by atomic mass is 9.95. The van der Waals surface area contributed by atoms with Crippen molar-refractivity contribution in [1.29, 1.82) is 0 Å². The van der Waals surface area contributed by atoms with Gasteiger partial charge in [-0.1, -0.05) is 42.5 Å². The molecule has 0 aliphatic rings. The minimum atomic E-state index is -1.20. The van der Waals surface area contributed by atoms with Gasteiger partial charge >= 0.3 is 5.97 Å². The number of halogens is 1. The van der Waals surface area contributed by atoms with E-state index in [1.165, 1.54) is 12.1 Å². The van der Waals surface area contributed by atoms with E-state index in [0.717, 1.165) is 12.1 Å². The van der Waals surface area contributed by atoms with Gasteiger partial charge in [0.2, 0.25) is 5.91 Å². The summed E-state index contributed by atoms with van der Waals surface area (Å²) in [4.78, 5) is 36.7. The smallest absolute Gasteiger partial charge is 0.311 e. The van der Waals surface area contributed by atoms with Gasteiger partial charge in [-0.25, -0.2) is 4.39 Å². The van der Waals surface area contributed by atoms with Gasteiger partial charge in [0.05, 0.1) is 17.2 Å². The van der Waals surface area contributed by atoms with Gasteiger partial charge in [-0.05, 0) is 42.0 Å². The van der Waals surface area contributed by atoms with Crippen molar-refractivity contribution in [1.82, 2.24) is 0 Å². The lowest BCUT2D eigenvalue weighted by Gasteiger charge is -2.15. The first-order chi connectivity index (χ1) is 14.4. The zero-order chi connectivity index (χ0) is 21.5. The molecule has 2 amide bonds. The summed E-state index contributed by atoms with van der Waals surface area (Å²) in [6.45, 7) is 0. The van der Waals surface area contributed by atoms with Crippen molar-refractivity contribution < 1.29 is 23.9 Å². The third-order valence-electron chi connectivity index (χ3n) is 4.44. The summed E-state index contributed by atoms with van der Waals surface area (Å²) in [5, 5.41) is 14.8. The van der Waals surface area contributed by atoms with Gasteiger partial charge in [-0.3, -0.25) is 14.4 Å². The quantitative estimate of drug-likeness (QED) is 0.546. The highest BCUT2D eigenvalue weighted by atomic mass is 19.1. The highest BCUT2D eigenvalue weighted by molar-refractivity contribution is 6.10. The van der Waals surface area contributed by atoms with E-state index in [0.29, 0.717) is 11.3 Å². The van der Waals surface area contributed by atoms with Crippen LogP contribution < -0.4 is 10.6 Å². The molecule has 6 nitrogen and oxygen atoms in total. The predicted octanol–water partition coefficient (Wildman–Crippen LogP) is 4.28. The van der Waals surface area contributed by atoms with Gasteiger partial charge in [0.1, 0.15) is 5.82 Å². The van der Waals surface area contributed by atoms with E-state index in [-0.39, 0.29) is 17.7 Å². The number of hydrogen-bond acceptors (Lipinski definition) is 3. The Bertz CT molecular complexity index is 1050. The van der Waals surface area contributed by atoms with Crippen LogP contribution in [0.15, 0.2) is 78.9 Å². The first-order valence-electron chi connectivity index (χ1n) is 9.17. The molecule has 1 unspecified atom stereocenters. The number of nitrogens with one attached hydrogen (secondary N) is 2. The van der Waals surface area contributed by atoms with Crippen LogP contribution in [0.4, 0.5) is 15.8 Å². The Hall–Kier alpha value is -4.00. The number of rotatable bonds is 7. The summed E-state index contributed by atoms with van der Waals surface area (Å²) in [5.41, 5.74) is 1.42. The SMILES string of the molecule is O=C(CC(C(=O)O)c1ccc(F)cc1)Nc1ccccc1C(=O)Nc1ccccc1. The van der Waals surface area contributed by atoms with Crippen molar-refractivity contribution in [3.63, 3.8) is 0 Å². The van der Waals surface area contributed by atoms with E-state index in [1.807, 2.05) is 6.07 Å². The largest absolute Gasteiger partial charge is 0.481 e. The molecule has 0 saturated heterocycles. The second-order valence-electron chi connectivity index (χ2n) is 6.56. The van der Waals surface area contributed by atoms with Crippen molar-refractivity contribution in [2.75, 3.05) is 10.6 Å². The fourth-order valence-corrected chi connectivity index (χ4v) is 2.94. The average Bonchev–Trinajstić information content (AvgIpc) is 2.73. The molecule has 3 aromatic rings. The number of aliphatic carboxylic acids is 1. The zero-order valence-corrected chi connectivity index (χ0v) is 15.8. The fraction of sp³-hybridized carbons (Fsp3) is 0.0870. The van der Waals surface area contributed by atoms with Crippen LogP contribution >= 0.6 is 0 Å². The molecule has 0 saturated carbocycles. The Morgan fingerprint density at radius 1 is 0.833 bits per heavy atom. The predicted molar refractivity (Wildman–Crippen MR) is 111 cm³/mol. The first-order valence-corrected chi connectivity index (χ1v) is 9.17. The van der Waals surface area contributed by atoms with Crippen LogP contribution in [-0.2, 0) is 9.59 Å². The maximum atomic E-state index is 13.1. The van der Waals surface area contributed by atoms with Crippen molar-refractivity contribution in [3.05, 3.63) is 95.8 Å². The lowest BCUT2D eigenvalue weighted by molar-refractivity contribution is -0.140. The van der Waals surface area contributed by atoms with Gasteiger partial charge in [-0.2, -0.15) is 0 Å². The molecule has 152 valence electrons. The minimum Gasteiger partial charge on any atom is -0.481 e. The molecule has 0 aromatic heterocycles. The second-order valence-corrected chi connectivity index (χ2v) is 6.56. The van der Waals surface area contributed by atoms with E-state index in [1.54, 1.807) is 48.5 Å². The van der Waals surface area contributed by atoms with Crippen LogP contribution in [0, 0.1) is 5.82 Å². The maximum absolute atomic E-state index is 13.1. The number of hydrogen-bond donors (Lipinski definition) is 3. The van der Waals surface area contributed by atoms with Crippen LogP contribution in [0.3, 0.4) is 0 Å². The molecule has 3 N–H and O–H groups in total. The third kappa shape index (κ3) is 5.29. The Balaban J connectivity index is 1.74. The molecule has 3 rings (SSSR count). The van der Waals surface area contributed by atoms with Crippen LogP contribution in [0.25, 0.3) is 0 Å².